The highest BCUT2D eigenvalue weighted by atomic mass is 35.5. The van der Waals surface area contributed by atoms with Crippen LogP contribution >= 0.6 is 11.6 Å². The molecule has 0 bridgehead atoms. The van der Waals surface area contributed by atoms with Gasteiger partial charge in [-0.25, -0.2) is 0 Å². The van der Waals surface area contributed by atoms with Gasteiger partial charge in [-0.05, 0) is 67.4 Å². The topological polar surface area (TPSA) is 79.5 Å². The highest BCUT2D eigenvalue weighted by Crippen LogP contribution is 2.18. The van der Waals surface area contributed by atoms with Gasteiger partial charge in [-0.3, -0.25) is 14.4 Å². The van der Waals surface area contributed by atoms with Crippen LogP contribution in [0.15, 0.2) is 60.8 Å². The first-order chi connectivity index (χ1) is 15.0. The molecule has 1 fully saturated rings. The van der Waals surface area contributed by atoms with E-state index in [0.29, 0.717) is 33.2 Å². The first-order valence-electron chi connectivity index (χ1n) is 10.1. The standard InChI is InChI=1S/C24H21ClN2O4/c25-19-7-3-16(4-8-19)23(29)17-5-9-20(10-6-17)31-15-22(28)18-13-21(26-14-18)24(30)27-11-1-2-12-27/h3-10,13-14,26H,1-2,11-12,15H2. The number of Topliss-reactive ketones (excluding diaryl/α,β-unsaturated/α-hetero) is 1. The van der Waals surface area contributed by atoms with Gasteiger partial charge in [0.05, 0.1) is 0 Å². The summed E-state index contributed by atoms with van der Waals surface area (Å²) in [5, 5.41) is 0.569. The second-order valence-corrected chi connectivity index (χ2v) is 7.81. The zero-order valence-electron chi connectivity index (χ0n) is 16.8. The monoisotopic (exact) mass is 436 g/mol. The molecular weight excluding hydrogens is 416 g/mol. The lowest BCUT2D eigenvalue weighted by Crippen LogP contribution is -2.27. The summed E-state index contributed by atoms with van der Waals surface area (Å²) in [6.45, 7) is 1.33. The lowest BCUT2D eigenvalue weighted by Gasteiger charge is -2.13. The summed E-state index contributed by atoms with van der Waals surface area (Å²) in [7, 11) is 0. The van der Waals surface area contributed by atoms with E-state index in [4.69, 9.17) is 16.3 Å². The molecule has 0 saturated carbocycles. The van der Waals surface area contributed by atoms with E-state index in [9.17, 15) is 14.4 Å². The Balaban J connectivity index is 1.34. The number of benzene rings is 2. The van der Waals surface area contributed by atoms with Crippen LogP contribution in [0.1, 0.15) is 49.6 Å². The van der Waals surface area contributed by atoms with Gasteiger partial charge in [0.1, 0.15) is 11.4 Å². The Morgan fingerprint density at radius 2 is 1.52 bits per heavy atom. The van der Waals surface area contributed by atoms with Crippen LogP contribution in [0.5, 0.6) is 5.75 Å². The fourth-order valence-corrected chi connectivity index (χ4v) is 3.60. The maximum Gasteiger partial charge on any atom is 0.270 e. The van der Waals surface area contributed by atoms with Crippen molar-refractivity contribution < 1.29 is 19.1 Å². The van der Waals surface area contributed by atoms with E-state index in [2.05, 4.69) is 4.98 Å². The molecule has 1 aliphatic rings. The van der Waals surface area contributed by atoms with E-state index in [1.54, 1.807) is 59.5 Å². The third kappa shape index (κ3) is 4.86. The van der Waals surface area contributed by atoms with Crippen LogP contribution in [0, 0.1) is 0 Å². The number of nitrogens with one attached hydrogen (secondary N) is 1. The van der Waals surface area contributed by atoms with Crippen LogP contribution < -0.4 is 4.74 Å². The minimum absolute atomic E-state index is 0.0848. The number of amides is 1. The Labute approximate surface area is 184 Å². The van der Waals surface area contributed by atoms with E-state index in [-0.39, 0.29) is 24.1 Å². The average Bonchev–Trinajstić information content (AvgIpc) is 3.50. The Morgan fingerprint density at radius 1 is 0.903 bits per heavy atom. The Hall–Kier alpha value is -3.38. The normalized spacial score (nSPS) is 13.3. The maximum atomic E-state index is 12.5. The fraction of sp³-hybridized carbons (Fsp3) is 0.208. The largest absolute Gasteiger partial charge is 0.485 e. The molecule has 1 aliphatic heterocycles. The van der Waals surface area contributed by atoms with Crippen molar-refractivity contribution in [1.29, 1.82) is 0 Å². The molecule has 0 atom stereocenters. The predicted octanol–water partition coefficient (Wildman–Crippen LogP) is 4.40. The number of hydrogen-bond donors (Lipinski definition) is 1. The summed E-state index contributed by atoms with van der Waals surface area (Å²) >= 11 is 5.86. The number of aromatic amines is 1. The lowest BCUT2D eigenvalue weighted by molar-refractivity contribution is 0.0787. The Kier molecular flexibility index (Phi) is 6.18. The smallest absolute Gasteiger partial charge is 0.270 e. The summed E-state index contributed by atoms with van der Waals surface area (Å²) in [4.78, 5) is 42.0. The number of ether oxygens (including phenoxy) is 1. The minimum Gasteiger partial charge on any atom is -0.485 e. The number of hydrogen-bond acceptors (Lipinski definition) is 4. The van der Waals surface area contributed by atoms with E-state index in [1.807, 2.05) is 0 Å². The summed E-state index contributed by atoms with van der Waals surface area (Å²) in [6.07, 6.45) is 3.55. The van der Waals surface area contributed by atoms with Gasteiger partial charge < -0.3 is 14.6 Å². The molecule has 0 radical (unpaired) electrons. The molecule has 2 aromatic carbocycles. The first-order valence-corrected chi connectivity index (χ1v) is 10.4. The third-order valence-corrected chi connectivity index (χ3v) is 5.47. The molecule has 158 valence electrons. The van der Waals surface area contributed by atoms with Gasteiger partial charge in [-0.1, -0.05) is 11.6 Å². The number of rotatable bonds is 7. The van der Waals surface area contributed by atoms with Gasteiger partial charge in [0.15, 0.2) is 12.4 Å². The maximum absolute atomic E-state index is 12.5. The number of carbonyl (C=O) groups is 3. The van der Waals surface area contributed by atoms with Crippen molar-refractivity contribution in [3.05, 3.63) is 88.2 Å². The minimum atomic E-state index is -0.238. The molecule has 7 heteroatoms. The van der Waals surface area contributed by atoms with Crippen molar-refractivity contribution in [1.82, 2.24) is 9.88 Å². The van der Waals surface area contributed by atoms with E-state index < -0.39 is 0 Å². The summed E-state index contributed by atoms with van der Waals surface area (Å²) in [6, 6.07) is 14.9. The van der Waals surface area contributed by atoms with Gasteiger partial charge in [0.2, 0.25) is 5.78 Å². The van der Waals surface area contributed by atoms with Gasteiger partial charge in [-0.15, -0.1) is 0 Å². The SMILES string of the molecule is O=C(COc1ccc(C(=O)c2ccc(Cl)cc2)cc1)c1c[nH]c(C(=O)N2CCCC2)c1. The molecule has 1 amide bonds. The third-order valence-electron chi connectivity index (χ3n) is 5.22. The summed E-state index contributed by atoms with van der Waals surface area (Å²) in [5.41, 5.74) is 1.86. The van der Waals surface area contributed by atoms with E-state index in [0.717, 1.165) is 25.9 Å². The molecule has 1 N–H and O–H groups in total. The van der Waals surface area contributed by atoms with Crippen LogP contribution in [0.2, 0.25) is 5.02 Å². The van der Waals surface area contributed by atoms with Gasteiger partial charge >= 0.3 is 0 Å². The van der Waals surface area contributed by atoms with E-state index in [1.165, 1.54) is 6.20 Å². The number of aromatic nitrogens is 1. The average molecular weight is 437 g/mol. The summed E-state index contributed by atoms with van der Waals surface area (Å²) in [5.74, 6) is 0.0307. The first kappa shape index (κ1) is 20.9. The highest BCUT2D eigenvalue weighted by Gasteiger charge is 2.21. The second-order valence-electron chi connectivity index (χ2n) is 7.37. The highest BCUT2D eigenvalue weighted by molar-refractivity contribution is 6.30. The van der Waals surface area contributed by atoms with E-state index >= 15 is 0 Å². The van der Waals surface area contributed by atoms with Gasteiger partial charge in [0.25, 0.3) is 5.91 Å². The van der Waals surface area contributed by atoms with Gasteiger partial charge in [0, 0.05) is 41.0 Å². The number of halogens is 1. The molecule has 6 nitrogen and oxygen atoms in total. The van der Waals surface area contributed by atoms with Crippen molar-refractivity contribution in [2.75, 3.05) is 19.7 Å². The molecular formula is C24H21ClN2O4. The van der Waals surface area contributed by atoms with Crippen LogP contribution in [0.4, 0.5) is 0 Å². The predicted molar refractivity (Wildman–Crippen MR) is 117 cm³/mol. The van der Waals surface area contributed by atoms with Crippen LogP contribution in [-0.2, 0) is 0 Å². The molecule has 0 aliphatic carbocycles. The molecule has 1 aromatic heterocycles. The molecule has 2 heterocycles. The fourth-order valence-electron chi connectivity index (χ4n) is 3.47. The zero-order chi connectivity index (χ0) is 21.8. The van der Waals surface area contributed by atoms with Crippen molar-refractivity contribution in [2.24, 2.45) is 0 Å². The van der Waals surface area contributed by atoms with Gasteiger partial charge in [-0.2, -0.15) is 0 Å². The van der Waals surface area contributed by atoms with Crippen molar-refractivity contribution in [2.45, 2.75) is 12.8 Å². The molecule has 0 unspecified atom stereocenters. The Morgan fingerprint density at radius 3 is 2.16 bits per heavy atom. The van der Waals surface area contributed by atoms with Crippen molar-refractivity contribution in [3.8, 4) is 5.75 Å². The number of nitrogens with zero attached hydrogens (tertiary/aromatic N) is 1. The van der Waals surface area contributed by atoms with Crippen LogP contribution in [0.3, 0.4) is 0 Å². The second kappa shape index (κ2) is 9.18. The number of H-pyrrole nitrogens is 1. The molecule has 1 saturated heterocycles. The quantitative estimate of drug-likeness (QED) is 0.557. The molecule has 0 spiro atoms. The number of ketones is 2. The summed E-state index contributed by atoms with van der Waals surface area (Å²) < 4.78 is 5.56. The van der Waals surface area contributed by atoms with Crippen molar-refractivity contribution >= 4 is 29.1 Å². The van der Waals surface area contributed by atoms with Crippen LogP contribution in [0.25, 0.3) is 0 Å². The number of likely N-dealkylation sites (tertiary alicyclic amines) is 1. The molecule has 3 aromatic rings. The molecule has 31 heavy (non-hydrogen) atoms. The Bertz CT molecular complexity index is 1100. The zero-order valence-corrected chi connectivity index (χ0v) is 17.5. The van der Waals surface area contributed by atoms with Crippen LogP contribution in [-0.4, -0.2) is 47.1 Å². The lowest BCUT2D eigenvalue weighted by atomic mass is 10.0. The van der Waals surface area contributed by atoms with Crippen molar-refractivity contribution in [3.63, 3.8) is 0 Å². The molecule has 4 rings (SSSR count). The number of carbonyl (C=O) groups excluding carboxylic acids is 3.